The maximum atomic E-state index is 11.9. The summed E-state index contributed by atoms with van der Waals surface area (Å²) in [6, 6.07) is 13.9. The van der Waals surface area contributed by atoms with Crippen molar-refractivity contribution in [2.45, 2.75) is 12.4 Å². The molecule has 98 valence electrons. The molecule has 2 aromatic rings. The van der Waals surface area contributed by atoms with Crippen molar-refractivity contribution in [1.82, 2.24) is 5.32 Å². The molecule has 0 atom stereocenters. The van der Waals surface area contributed by atoms with Gasteiger partial charge in [-0.25, -0.2) is 0 Å². The van der Waals surface area contributed by atoms with E-state index in [1.807, 2.05) is 12.1 Å². The Morgan fingerprint density at radius 3 is 2.53 bits per heavy atom. The largest absolute Gasteiger partial charge is 0.508 e. The summed E-state index contributed by atoms with van der Waals surface area (Å²) < 4.78 is 0. The second-order valence-corrected chi connectivity index (χ2v) is 4.45. The highest BCUT2D eigenvalue weighted by Crippen LogP contribution is 2.10. The summed E-state index contributed by atoms with van der Waals surface area (Å²) in [5.41, 5.74) is 2.44. The molecule has 0 aliphatic heterocycles. The Labute approximate surface area is 116 Å². The number of carbonyl (C=O) groups is 1. The van der Waals surface area contributed by atoms with Gasteiger partial charge in [-0.1, -0.05) is 24.3 Å². The molecule has 0 bridgehead atoms. The Morgan fingerprint density at radius 2 is 1.84 bits per heavy atom. The Kier molecular flexibility index (Phi) is 4.42. The van der Waals surface area contributed by atoms with Crippen LogP contribution < -0.4 is 5.32 Å². The fourth-order valence-electron chi connectivity index (χ4n) is 1.69. The first-order chi connectivity index (χ1) is 9.19. The molecule has 3 nitrogen and oxygen atoms in total. The minimum absolute atomic E-state index is 0.139. The highest BCUT2D eigenvalue weighted by molar-refractivity contribution is 6.17. The van der Waals surface area contributed by atoms with Crippen LogP contribution in [0.4, 0.5) is 0 Å². The van der Waals surface area contributed by atoms with Crippen LogP contribution in [-0.4, -0.2) is 11.0 Å². The summed E-state index contributed by atoms with van der Waals surface area (Å²) in [5.74, 6) is 0.462. The summed E-state index contributed by atoms with van der Waals surface area (Å²) in [6.45, 7) is 0.421. The SMILES string of the molecule is O=C(NCc1ccc(O)cc1)c1cccc(CCl)c1. The zero-order valence-corrected chi connectivity index (χ0v) is 11.0. The van der Waals surface area contributed by atoms with Gasteiger partial charge in [-0.2, -0.15) is 0 Å². The molecule has 2 N–H and O–H groups in total. The molecule has 0 saturated heterocycles. The number of hydrogen-bond acceptors (Lipinski definition) is 2. The monoisotopic (exact) mass is 275 g/mol. The van der Waals surface area contributed by atoms with E-state index >= 15 is 0 Å². The number of phenols is 1. The maximum absolute atomic E-state index is 11.9. The lowest BCUT2D eigenvalue weighted by Gasteiger charge is -2.06. The van der Waals surface area contributed by atoms with Gasteiger partial charge in [-0.05, 0) is 35.4 Å². The first-order valence-electron chi connectivity index (χ1n) is 5.90. The topological polar surface area (TPSA) is 49.3 Å². The first kappa shape index (κ1) is 13.4. The summed E-state index contributed by atoms with van der Waals surface area (Å²) in [4.78, 5) is 11.9. The van der Waals surface area contributed by atoms with Gasteiger partial charge in [-0.15, -0.1) is 11.6 Å². The van der Waals surface area contributed by atoms with Crippen LogP contribution in [-0.2, 0) is 12.4 Å². The van der Waals surface area contributed by atoms with E-state index in [1.165, 1.54) is 0 Å². The molecule has 0 aliphatic carbocycles. The van der Waals surface area contributed by atoms with Crippen molar-refractivity contribution in [2.75, 3.05) is 0 Å². The van der Waals surface area contributed by atoms with Crippen molar-refractivity contribution < 1.29 is 9.90 Å². The molecule has 0 spiro atoms. The van der Waals surface area contributed by atoms with Crippen molar-refractivity contribution in [3.05, 3.63) is 65.2 Å². The highest BCUT2D eigenvalue weighted by atomic mass is 35.5. The van der Waals surface area contributed by atoms with Crippen LogP contribution in [0.25, 0.3) is 0 Å². The van der Waals surface area contributed by atoms with Crippen molar-refractivity contribution in [3.8, 4) is 5.75 Å². The van der Waals surface area contributed by atoms with E-state index in [4.69, 9.17) is 16.7 Å². The van der Waals surface area contributed by atoms with Crippen LogP contribution >= 0.6 is 11.6 Å². The summed E-state index contributed by atoms with van der Waals surface area (Å²) in [5, 5.41) is 12.0. The number of hydrogen-bond donors (Lipinski definition) is 2. The predicted octanol–water partition coefficient (Wildman–Crippen LogP) is 3.06. The minimum atomic E-state index is -0.139. The highest BCUT2D eigenvalue weighted by Gasteiger charge is 2.05. The molecule has 2 rings (SSSR count). The van der Waals surface area contributed by atoms with E-state index in [0.717, 1.165) is 11.1 Å². The summed E-state index contributed by atoms with van der Waals surface area (Å²) >= 11 is 5.74. The smallest absolute Gasteiger partial charge is 0.251 e. The van der Waals surface area contributed by atoms with Gasteiger partial charge >= 0.3 is 0 Å². The van der Waals surface area contributed by atoms with Gasteiger partial charge in [0.2, 0.25) is 0 Å². The molecule has 0 heterocycles. The van der Waals surface area contributed by atoms with Gasteiger partial charge in [0.1, 0.15) is 5.75 Å². The lowest BCUT2D eigenvalue weighted by Crippen LogP contribution is -2.22. The third-order valence-electron chi connectivity index (χ3n) is 2.73. The van der Waals surface area contributed by atoms with E-state index in [1.54, 1.807) is 36.4 Å². The molecule has 2 aromatic carbocycles. The standard InChI is InChI=1S/C15H14ClNO2/c16-9-12-2-1-3-13(8-12)15(19)17-10-11-4-6-14(18)7-5-11/h1-8,18H,9-10H2,(H,17,19). The average molecular weight is 276 g/mol. The number of nitrogens with one attached hydrogen (secondary N) is 1. The first-order valence-corrected chi connectivity index (χ1v) is 6.43. The molecule has 0 fully saturated rings. The number of aromatic hydroxyl groups is 1. The second-order valence-electron chi connectivity index (χ2n) is 4.18. The minimum Gasteiger partial charge on any atom is -0.508 e. The van der Waals surface area contributed by atoms with Gasteiger partial charge in [0.15, 0.2) is 0 Å². The fourth-order valence-corrected chi connectivity index (χ4v) is 1.86. The lowest BCUT2D eigenvalue weighted by atomic mass is 10.1. The lowest BCUT2D eigenvalue weighted by molar-refractivity contribution is 0.0951. The Bertz CT molecular complexity index is 567. The Balaban J connectivity index is 1.99. The van der Waals surface area contributed by atoms with E-state index in [9.17, 15) is 4.79 Å². The van der Waals surface area contributed by atoms with Crippen LogP contribution in [0, 0.1) is 0 Å². The average Bonchev–Trinajstić information content (AvgIpc) is 2.46. The molecular formula is C15H14ClNO2. The van der Waals surface area contributed by atoms with Crippen LogP contribution in [0.3, 0.4) is 0 Å². The predicted molar refractivity (Wildman–Crippen MR) is 75.3 cm³/mol. The number of benzene rings is 2. The van der Waals surface area contributed by atoms with Crippen LogP contribution in [0.1, 0.15) is 21.5 Å². The molecule has 0 aliphatic rings. The third-order valence-corrected chi connectivity index (χ3v) is 3.04. The molecule has 0 saturated carbocycles. The quantitative estimate of drug-likeness (QED) is 0.843. The van der Waals surface area contributed by atoms with E-state index in [2.05, 4.69) is 5.32 Å². The number of halogens is 1. The van der Waals surface area contributed by atoms with Crippen molar-refractivity contribution >= 4 is 17.5 Å². The van der Waals surface area contributed by atoms with Crippen LogP contribution in [0.2, 0.25) is 0 Å². The number of carbonyl (C=O) groups excluding carboxylic acids is 1. The number of rotatable bonds is 4. The van der Waals surface area contributed by atoms with Gasteiger partial charge in [0, 0.05) is 18.0 Å². The molecular weight excluding hydrogens is 262 g/mol. The zero-order chi connectivity index (χ0) is 13.7. The zero-order valence-electron chi connectivity index (χ0n) is 10.3. The number of amides is 1. The third kappa shape index (κ3) is 3.73. The van der Waals surface area contributed by atoms with Gasteiger partial charge < -0.3 is 10.4 Å². The fraction of sp³-hybridized carbons (Fsp3) is 0.133. The second kappa shape index (κ2) is 6.25. The number of alkyl halides is 1. The summed E-state index contributed by atoms with van der Waals surface area (Å²) in [7, 11) is 0. The van der Waals surface area contributed by atoms with Crippen LogP contribution in [0.5, 0.6) is 5.75 Å². The van der Waals surface area contributed by atoms with Crippen molar-refractivity contribution in [1.29, 1.82) is 0 Å². The van der Waals surface area contributed by atoms with E-state index in [-0.39, 0.29) is 11.7 Å². The summed E-state index contributed by atoms with van der Waals surface area (Å²) in [6.07, 6.45) is 0. The van der Waals surface area contributed by atoms with Gasteiger partial charge in [-0.3, -0.25) is 4.79 Å². The molecule has 0 radical (unpaired) electrons. The molecule has 0 unspecified atom stereocenters. The van der Waals surface area contributed by atoms with Crippen LogP contribution in [0.15, 0.2) is 48.5 Å². The maximum Gasteiger partial charge on any atom is 0.251 e. The molecule has 1 amide bonds. The van der Waals surface area contributed by atoms with Gasteiger partial charge in [0.05, 0.1) is 0 Å². The molecule has 4 heteroatoms. The normalized spacial score (nSPS) is 10.2. The van der Waals surface area contributed by atoms with Crippen molar-refractivity contribution in [2.24, 2.45) is 0 Å². The molecule has 0 aromatic heterocycles. The van der Waals surface area contributed by atoms with Crippen molar-refractivity contribution in [3.63, 3.8) is 0 Å². The molecule has 19 heavy (non-hydrogen) atoms. The van der Waals surface area contributed by atoms with E-state index in [0.29, 0.717) is 18.0 Å². The Morgan fingerprint density at radius 1 is 1.11 bits per heavy atom. The number of phenolic OH excluding ortho intramolecular Hbond substituents is 1. The Hall–Kier alpha value is -2.00. The van der Waals surface area contributed by atoms with E-state index < -0.39 is 0 Å². The van der Waals surface area contributed by atoms with Gasteiger partial charge in [0.25, 0.3) is 5.91 Å².